The summed E-state index contributed by atoms with van der Waals surface area (Å²) in [5.41, 5.74) is 0.124. The SMILES string of the molecule is CCC(CNC(=O)C1(c2ccccc2)CC1)(C(=O)O)c1ccccc1. The predicted molar refractivity (Wildman–Crippen MR) is 96.4 cm³/mol. The smallest absolute Gasteiger partial charge is 0.315 e. The summed E-state index contributed by atoms with van der Waals surface area (Å²) in [6.45, 7) is 1.94. The molecule has 1 fully saturated rings. The third-order valence-electron chi connectivity index (χ3n) is 5.40. The van der Waals surface area contributed by atoms with E-state index in [1.807, 2.05) is 67.6 Å². The predicted octanol–water partition coefficient (Wildman–Crippen LogP) is 3.27. The highest BCUT2D eigenvalue weighted by atomic mass is 16.4. The van der Waals surface area contributed by atoms with Gasteiger partial charge in [0, 0.05) is 6.54 Å². The van der Waals surface area contributed by atoms with E-state index in [-0.39, 0.29) is 12.5 Å². The van der Waals surface area contributed by atoms with Crippen LogP contribution in [-0.2, 0) is 20.4 Å². The van der Waals surface area contributed by atoms with E-state index < -0.39 is 16.8 Å². The third-order valence-corrected chi connectivity index (χ3v) is 5.40. The van der Waals surface area contributed by atoms with Crippen molar-refractivity contribution in [3.05, 3.63) is 71.8 Å². The van der Waals surface area contributed by atoms with Gasteiger partial charge in [0.1, 0.15) is 5.41 Å². The number of benzene rings is 2. The van der Waals surface area contributed by atoms with E-state index in [9.17, 15) is 14.7 Å². The standard InChI is InChI=1S/C21H23NO3/c1-2-20(19(24)25,16-9-5-3-6-10-16)15-22-18(23)21(13-14-21)17-11-7-4-8-12-17/h3-12H,2,13-15H2,1H3,(H,22,23)(H,24,25). The van der Waals surface area contributed by atoms with E-state index in [2.05, 4.69) is 5.32 Å². The molecule has 2 aromatic carbocycles. The van der Waals surface area contributed by atoms with Crippen molar-refractivity contribution in [1.29, 1.82) is 0 Å². The molecule has 130 valence electrons. The molecule has 0 heterocycles. The van der Waals surface area contributed by atoms with Gasteiger partial charge in [-0.15, -0.1) is 0 Å². The monoisotopic (exact) mass is 337 g/mol. The van der Waals surface area contributed by atoms with Crippen LogP contribution in [-0.4, -0.2) is 23.5 Å². The first kappa shape index (κ1) is 17.2. The Bertz CT molecular complexity index is 753. The molecule has 1 amide bonds. The maximum Gasteiger partial charge on any atom is 0.315 e. The van der Waals surface area contributed by atoms with E-state index in [1.165, 1.54) is 0 Å². The molecule has 0 aliphatic heterocycles. The van der Waals surface area contributed by atoms with Crippen LogP contribution in [0.1, 0.15) is 37.3 Å². The number of carbonyl (C=O) groups is 2. The molecule has 1 saturated carbocycles. The molecule has 2 aromatic rings. The second-order valence-electron chi connectivity index (χ2n) is 6.74. The molecule has 0 spiro atoms. The van der Waals surface area contributed by atoms with Crippen LogP contribution >= 0.6 is 0 Å². The van der Waals surface area contributed by atoms with Crippen molar-refractivity contribution < 1.29 is 14.7 Å². The van der Waals surface area contributed by atoms with E-state index in [0.29, 0.717) is 6.42 Å². The molecular weight excluding hydrogens is 314 g/mol. The number of amides is 1. The number of carboxylic acids is 1. The Labute approximate surface area is 147 Å². The molecule has 1 aliphatic carbocycles. The minimum atomic E-state index is -1.11. The van der Waals surface area contributed by atoms with Crippen molar-refractivity contribution in [3.63, 3.8) is 0 Å². The van der Waals surface area contributed by atoms with Crippen LogP contribution in [0.5, 0.6) is 0 Å². The van der Waals surface area contributed by atoms with Crippen molar-refractivity contribution >= 4 is 11.9 Å². The van der Waals surface area contributed by atoms with E-state index in [4.69, 9.17) is 0 Å². The normalized spacial score (nSPS) is 17.3. The number of aliphatic carboxylic acids is 1. The van der Waals surface area contributed by atoms with Gasteiger partial charge in [0.25, 0.3) is 0 Å². The lowest BCUT2D eigenvalue weighted by atomic mass is 9.77. The highest BCUT2D eigenvalue weighted by molar-refractivity contribution is 5.92. The van der Waals surface area contributed by atoms with Gasteiger partial charge in [0.05, 0.1) is 5.41 Å². The number of nitrogens with one attached hydrogen (secondary N) is 1. The van der Waals surface area contributed by atoms with Gasteiger partial charge in [-0.3, -0.25) is 9.59 Å². The first-order valence-corrected chi connectivity index (χ1v) is 8.68. The van der Waals surface area contributed by atoms with Crippen LogP contribution in [0.3, 0.4) is 0 Å². The van der Waals surface area contributed by atoms with Gasteiger partial charge >= 0.3 is 5.97 Å². The number of carbonyl (C=O) groups excluding carboxylic acids is 1. The Hall–Kier alpha value is -2.62. The van der Waals surface area contributed by atoms with Gasteiger partial charge in [-0.05, 0) is 30.4 Å². The van der Waals surface area contributed by atoms with Crippen LogP contribution in [0.15, 0.2) is 60.7 Å². The summed E-state index contributed by atoms with van der Waals surface area (Å²) in [7, 11) is 0. The highest BCUT2D eigenvalue weighted by Crippen LogP contribution is 2.48. The van der Waals surface area contributed by atoms with E-state index >= 15 is 0 Å². The highest BCUT2D eigenvalue weighted by Gasteiger charge is 2.52. The average Bonchev–Trinajstić information content (AvgIpc) is 3.46. The summed E-state index contributed by atoms with van der Waals surface area (Å²) in [5, 5.41) is 12.8. The molecule has 1 atom stereocenters. The van der Waals surface area contributed by atoms with Crippen LogP contribution in [0.2, 0.25) is 0 Å². The van der Waals surface area contributed by atoms with Crippen molar-refractivity contribution in [3.8, 4) is 0 Å². The van der Waals surface area contributed by atoms with Gasteiger partial charge < -0.3 is 10.4 Å². The zero-order valence-corrected chi connectivity index (χ0v) is 14.4. The lowest BCUT2D eigenvalue weighted by Gasteiger charge is -2.30. The Kier molecular flexibility index (Phi) is 4.62. The maximum atomic E-state index is 12.8. The maximum absolute atomic E-state index is 12.8. The first-order valence-electron chi connectivity index (χ1n) is 8.68. The van der Waals surface area contributed by atoms with E-state index in [0.717, 1.165) is 24.0 Å². The van der Waals surface area contributed by atoms with Crippen molar-refractivity contribution in [2.75, 3.05) is 6.54 Å². The van der Waals surface area contributed by atoms with Crippen molar-refractivity contribution in [2.24, 2.45) is 0 Å². The van der Waals surface area contributed by atoms with Gasteiger partial charge in [-0.25, -0.2) is 0 Å². The quantitative estimate of drug-likeness (QED) is 0.815. The molecule has 0 aromatic heterocycles. The molecule has 1 unspecified atom stereocenters. The molecule has 3 rings (SSSR count). The Morgan fingerprint density at radius 1 is 1.04 bits per heavy atom. The molecule has 0 saturated heterocycles. The second kappa shape index (κ2) is 6.71. The van der Waals surface area contributed by atoms with Crippen LogP contribution < -0.4 is 5.32 Å². The zero-order valence-electron chi connectivity index (χ0n) is 14.4. The molecule has 4 nitrogen and oxygen atoms in total. The van der Waals surface area contributed by atoms with Crippen molar-refractivity contribution in [1.82, 2.24) is 5.32 Å². The molecule has 2 N–H and O–H groups in total. The molecule has 1 aliphatic rings. The molecule has 0 radical (unpaired) electrons. The summed E-state index contributed by atoms with van der Waals surface area (Å²) in [6, 6.07) is 18.9. The summed E-state index contributed by atoms with van der Waals surface area (Å²) in [4.78, 5) is 24.9. The zero-order chi connectivity index (χ0) is 17.9. The van der Waals surface area contributed by atoms with Crippen molar-refractivity contribution in [2.45, 2.75) is 37.0 Å². The second-order valence-corrected chi connectivity index (χ2v) is 6.74. The van der Waals surface area contributed by atoms with Crippen LogP contribution in [0.25, 0.3) is 0 Å². The number of hydrogen-bond acceptors (Lipinski definition) is 2. The minimum Gasteiger partial charge on any atom is -0.481 e. The summed E-state index contributed by atoms with van der Waals surface area (Å²) < 4.78 is 0. The third kappa shape index (κ3) is 3.04. The largest absolute Gasteiger partial charge is 0.481 e. The summed E-state index contributed by atoms with van der Waals surface area (Å²) in [5.74, 6) is -0.986. The Morgan fingerprint density at radius 3 is 2.08 bits per heavy atom. The summed E-state index contributed by atoms with van der Waals surface area (Å²) >= 11 is 0. The fourth-order valence-corrected chi connectivity index (χ4v) is 3.47. The molecule has 25 heavy (non-hydrogen) atoms. The topological polar surface area (TPSA) is 66.4 Å². The van der Waals surface area contributed by atoms with Crippen LogP contribution in [0.4, 0.5) is 0 Å². The summed E-state index contributed by atoms with van der Waals surface area (Å²) in [6.07, 6.45) is 2.02. The molecular formula is C21H23NO3. The molecule has 4 heteroatoms. The van der Waals surface area contributed by atoms with Gasteiger partial charge in [0.2, 0.25) is 5.91 Å². The molecule has 0 bridgehead atoms. The Balaban J connectivity index is 1.81. The lowest BCUT2D eigenvalue weighted by Crippen LogP contribution is -2.48. The average molecular weight is 337 g/mol. The lowest BCUT2D eigenvalue weighted by molar-refractivity contribution is -0.144. The van der Waals surface area contributed by atoms with Gasteiger partial charge in [-0.1, -0.05) is 67.6 Å². The van der Waals surface area contributed by atoms with Gasteiger partial charge in [0.15, 0.2) is 0 Å². The van der Waals surface area contributed by atoms with Crippen LogP contribution in [0, 0.1) is 0 Å². The minimum absolute atomic E-state index is 0.0753. The fourth-order valence-electron chi connectivity index (χ4n) is 3.47. The first-order chi connectivity index (χ1) is 12.0. The van der Waals surface area contributed by atoms with E-state index in [1.54, 1.807) is 0 Å². The number of rotatable bonds is 7. The number of carboxylic acid groups (broad SMARTS) is 1. The number of hydrogen-bond donors (Lipinski definition) is 2. The Morgan fingerprint density at radius 2 is 1.60 bits per heavy atom. The van der Waals surface area contributed by atoms with Gasteiger partial charge in [-0.2, -0.15) is 0 Å². The fraction of sp³-hybridized carbons (Fsp3) is 0.333.